The van der Waals surface area contributed by atoms with Crippen molar-refractivity contribution in [3.63, 3.8) is 0 Å². The Morgan fingerprint density at radius 3 is 2.52 bits per heavy atom. The number of ether oxygens (including phenoxy) is 1. The van der Waals surface area contributed by atoms with Crippen molar-refractivity contribution in [1.29, 1.82) is 0 Å². The van der Waals surface area contributed by atoms with Crippen molar-refractivity contribution in [3.8, 4) is 11.5 Å². The van der Waals surface area contributed by atoms with Crippen LogP contribution >= 0.6 is 12.4 Å². The van der Waals surface area contributed by atoms with Crippen LogP contribution in [0, 0.1) is 0 Å². The van der Waals surface area contributed by atoms with E-state index in [2.05, 4.69) is 10.6 Å². The third-order valence-corrected chi connectivity index (χ3v) is 4.75. The second-order valence-electron chi connectivity index (χ2n) is 6.44. The summed E-state index contributed by atoms with van der Waals surface area (Å²) in [5.41, 5.74) is 5.91. The van der Waals surface area contributed by atoms with Crippen molar-refractivity contribution in [3.05, 3.63) is 54.1 Å². The third kappa shape index (κ3) is 4.78. The van der Waals surface area contributed by atoms with E-state index in [9.17, 15) is 9.59 Å². The van der Waals surface area contributed by atoms with Gasteiger partial charge in [0.15, 0.2) is 0 Å². The van der Waals surface area contributed by atoms with E-state index in [0.29, 0.717) is 17.1 Å². The van der Waals surface area contributed by atoms with E-state index in [1.807, 2.05) is 6.92 Å². The maximum atomic E-state index is 12.6. The SMILES string of the molecule is CCC1(C(=O)Nc2ccc(Oc3cccc(C(N)=O)c3)cc2)CCCN1.Cl. The molecule has 2 aromatic carbocycles. The van der Waals surface area contributed by atoms with Crippen LogP contribution in [0.3, 0.4) is 0 Å². The minimum atomic E-state index is -0.501. The number of primary amides is 1. The zero-order chi connectivity index (χ0) is 18.6. The molecule has 0 aliphatic carbocycles. The van der Waals surface area contributed by atoms with Crippen molar-refractivity contribution >= 4 is 29.9 Å². The van der Waals surface area contributed by atoms with Crippen molar-refractivity contribution in [1.82, 2.24) is 5.32 Å². The second-order valence-corrected chi connectivity index (χ2v) is 6.44. The van der Waals surface area contributed by atoms with Crippen LogP contribution in [-0.4, -0.2) is 23.9 Å². The van der Waals surface area contributed by atoms with E-state index in [4.69, 9.17) is 10.5 Å². The highest BCUT2D eigenvalue weighted by atomic mass is 35.5. The summed E-state index contributed by atoms with van der Waals surface area (Å²) in [6, 6.07) is 13.8. The number of benzene rings is 2. The Balaban J connectivity index is 0.00000261. The summed E-state index contributed by atoms with van der Waals surface area (Å²) in [4.78, 5) is 23.8. The molecule has 3 rings (SSSR count). The first-order valence-electron chi connectivity index (χ1n) is 8.77. The van der Waals surface area contributed by atoms with Crippen LogP contribution < -0.4 is 21.1 Å². The van der Waals surface area contributed by atoms with Gasteiger partial charge >= 0.3 is 0 Å². The largest absolute Gasteiger partial charge is 0.457 e. The number of halogens is 1. The zero-order valence-electron chi connectivity index (χ0n) is 15.2. The van der Waals surface area contributed by atoms with Crippen molar-refractivity contribution in [2.24, 2.45) is 5.73 Å². The standard InChI is InChI=1S/C20H23N3O3.ClH/c1-2-20(11-4-12-22-20)19(25)23-15-7-9-16(10-8-15)26-17-6-3-5-14(13-17)18(21)24;/h3,5-10,13,22H,2,4,11-12H2,1H3,(H2,21,24)(H,23,25);1H. The number of carbonyl (C=O) groups excluding carboxylic acids is 2. The van der Waals surface area contributed by atoms with Gasteiger partial charge in [0, 0.05) is 11.3 Å². The van der Waals surface area contributed by atoms with Crippen molar-refractivity contribution in [2.45, 2.75) is 31.7 Å². The molecule has 0 spiro atoms. The van der Waals surface area contributed by atoms with Crippen LogP contribution in [0.2, 0.25) is 0 Å². The minimum absolute atomic E-state index is 0. The molecule has 0 aromatic heterocycles. The van der Waals surface area contributed by atoms with Gasteiger partial charge in [0.05, 0.1) is 5.54 Å². The van der Waals surface area contributed by atoms with Gasteiger partial charge in [-0.3, -0.25) is 9.59 Å². The Morgan fingerprint density at radius 1 is 1.19 bits per heavy atom. The summed E-state index contributed by atoms with van der Waals surface area (Å²) in [5, 5.41) is 6.30. The van der Waals surface area contributed by atoms with E-state index in [-0.39, 0.29) is 18.3 Å². The van der Waals surface area contributed by atoms with Crippen LogP contribution in [0.4, 0.5) is 5.69 Å². The highest BCUT2D eigenvalue weighted by Crippen LogP contribution is 2.27. The van der Waals surface area contributed by atoms with Gasteiger partial charge in [-0.2, -0.15) is 0 Å². The third-order valence-electron chi connectivity index (χ3n) is 4.75. The highest BCUT2D eigenvalue weighted by Gasteiger charge is 2.38. The molecule has 6 nitrogen and oxygen atoms in total. The first-order valence-corrected chi connectivity index (χ1v) is 8.77. The monoisotopic (exact) mass is 389 g/mol. The number of hydrogen-bond acceptors (Lipinski definition) is 4. The number of nitrogens with two attached hydrogens (primary N) is 1. The molecular formula is C20H24ClN3O3. The second kappa shape index (κ2) is 8.88. The van der Waals surface area contributed by atoms with Gasteiger partial charge in [-0.1, -0.05) is 13.0 Å². The summed E-state index contributed by atoms with van der Waals surface area (Å²) < 4.78 is 5.74. The van der Waals surface area contributed by atoms with Crippen LogP contribution in [-0.2, 0) is 4.79 Å². The maximum absolute atomic E-state index is 12.6. The molecule has 144 valence electrons. The fourth-order valence-electron chi connectivity index (χ4n) is 3.17. The summed E-state index contributed by atoms with van der Waals surface area (Å²) in [6.07, 6.45) is 2.63. The Bertz CT molecular complexity index is 802. The first kappa shape index (κ1) is 20.7. The topological polar surface area (TPSA) is 93.4 Å². The smallest absolute Gasteiger partial charge is 0.248 e. The number of nitrogens with one attached hydrogen (secondary N) is 2. The average Bonchev–Trinajstić information content (AvgIpc) is 3.14. The molecule has 0 bridgehead atoms. The molecule has 7 heteroatoms. The van der Waals surface area contributed by atoms with E-state index < -0.39 is 11.4 Å². The van der Waals surface area contributed by atoms with E-state index in [0.717, 1.165) is 31.5 Å². The Hall–Kier alpha value is -2.57. The predicted octanol–water partition coefficient (Wildman–Crippen LogP) is 3.47. The van der Waals surface area contributed by atoms with Crippen LogP contribution in [0.25, 0.3) is 0 Å². The van der Waals surface area contributed by atoms with Crippen LogP contribution in [0.5, 0.6) is 11.5 Å². The summed E-state index contributed by atoms with van der Waals surface area (Å²) in [7, 11) is 0. The molecule has 1 saturated heterocycles. The van der Waals surface area contributed by atoms with Gasteiger partial charge in [0.2, 0.25) is 11.8 Å². The molecule has 1 unspecified atom stereocenters. The molecule has 0 saturated carbocycles. The van der Waals surface area contributed by atoms with E-state index in [1.165, 1.54) is 0 Å². The Kier molecular flexibility index (Phi) is 6.82. The summed E-state index contributed by atoms with van der Waals surface area (Å²) in [5.74, 6) is 0.631. The normalized spacial score (nSPS) is 18.4. The lowest BCUT2D eigenvalue weighted by Gasteiger charge is -2.26. The molecule has 2 amide bonds. The van der Waals surface area contributed by atoms with Crippen LogP contribution in [0.1, 0.15) is 36.5 Å². The first-order chi connectivity index (χ1) is 12.5. The molecule has 1 fully saturated rings. The van der Waals surface area contributed by atoms with Gasteiger partial charge in [-0.25, -0.2) is 0 Å². The minimum Gasteiger partial charge on any atom is -0.457 e. The molecular weight excluding hydrogens is 366 g/mol. The lowest BCUT2D eigenvalue weighted by atomic mass is 9.93. The Morgan fingerprint density at radius 2 is 1.93 bits per heavy atom. The van der Waals surface area contributed by atoms with Gasteiger partial charge in [0.1, 0.15) is 11.5 Å². The molecule has 2 aromatic rings. The average molecular weight is 390 g/mol. The molecule has 1 aliphatic rings. The molecule has 1 atom stereocenters. The molecule has 1 aliphatic heterocycles. The van der Waals surface area contributed by atoms with Crippen LogP contribution in [0.15, 0.2) is 48.5 Å². The number of amides is 2. The van der Waals surface area contributed by atoms with Gasteiger partial charge in [0.25, 0.3) is 0 Å². The van der Waals surface area contributed by atoms with E-state index >= 15 is 0 Å². The van der Waals surface area contributed by atoms with Gasteiger partial charge in [-0.15, -0.1) is 12.4 Å². The summed E-state index contributed by atoms with van der Waals surface area (Å²) >= 11 is 0. The van der Waals surface area contributed by atoms with Crippen molar-refractivity contribution in [2.75, 3.05) is 11.9 Å². The lowest BCUT2D eigenvalue weighted by molar-refractivity contribution is -0.122. The fraction of sp³-hybridized carbons (Fsp3) is 0.300. The molecule has 27 heavy (non-hydrogen) atoms. The summed E-state index contributed by atoms with van der Waals surface area (Å²) in [6.45, 7) is 2.90. The fourth-order valence-corrected chi connectivity index (χ4v) is 3.17. The molecule has 4 N–H and O–H groups in total. The van der Waals surface area contributed by atoms with Gasteiger partial charge < -0.3 is 21.1 Å². The Labute approximate surface area is 164 Å². The number of hydrogen-bond donors (Lipinski definition) is 3. The quantitative estimate of drug-likeness (QED) is 0.705. The zero-order valence-corrected chi connectivity index (χ0v) is 16.0. The number of rotatable bonds is 6. The highest BCUT2D eigenvalue weighted by molar-refractivity contribution is 5.98. The maximum Gasteiger partial charge on any atom is 0.248 e. The van der Waals surface area contributed by atoms with E-state index in [1.54, 1.807) is 48.5 Å². The number of anilines is 1. The lowest BCUT2D eigenvalue weighted by Crippen LogP contribution is -2.50. The molecule has 0 radical (unpaired) electrons. The predicted molar refractivity (Wildman–Crippen MR) is 108 cm³/mol. The molecule has 1 heterocycles. The van der Waals surface area contributed by atoms with Gasteiger partial charge in [-0.05, 0) is 68.3 Å². The van der Waals surface area contributed by atoms with Crippen molar-refractivity contribution < 1.29 is 14.3 Å². The number of carbonyl (C=O) groups is 2.